The summed E-state index contributed by atoms with van der Waals surface area (Å²) in [6.07, 6.45) is 3.97. The predicted molar refractivity (Wildman–Crippen MR) is 108 cm³/mol. The second kappa shape index (κ2) is 10.1. The predicted octanol–water partition coefficient (Wildman–Crippen LogP) is 2.30. The molecular formula is C20H29ClN4O2. The highest BCUT2D eigenvalue weighted by molar-refractivity contribution is 6.30. The van der Waals surface area contributed by atoms with Crippen LogP contribution in [0.25, 0.3) is 0 Å². The van der Waals surface area contributed by atoms with Crippen molar-refractivity contribution in [1.29, 1.82) is 0 Å². The third-order valence-electron chi connectivity index (χ3n) is 5.30. The number of nitrogens with zero attached hydrogens (tertiary/aromatic N) is 3. The van der Waals surface area contributed by atoms with Crippen LogP contribution in [0.1, 0.15) is 25.7 Å². The number of rotatable bonds is 6. The lowest BCUT2D eigenvalue weighted by molar-refractivity contribution is -0.133. The maximum atomic E-state index is 12.4. The fraction of sp³-hybridized carbons (Fsp3) is 0.600. The molecule has 2 amide bonds. The molecule has 0 aromatic heterocycles. The Morgan fingerprint density at radius 3 is 2.37 bits per heavy atom. The standard InChI is InChI=1S/C20H29ClN4O2/c21-17-5-4-6-18(15-17)22-19(26)7-10-23-11-13-24(14-12-23)16-20(27)25-8-2-1-3-9-25/h4-6,15H,1-3,7-14,16H2,(H,22,26). The Bertz CT molecular complexity index is 641. The van der Waals surface area contributed by atoms with E-state index in [-0.39, 0.29) is 11.8 Å². The van der Waals surface area contributed by atoms with Gasteiger partial charge in [-0.1, -0.05) is 17.7 Å². The lowest BCUT2D eigenvalue weighted by Crippen LogP contribution is -2.51. The van der Waals surface area contributed by atoms with Gasteiger partial charge in [0.2, 0.25) is 11.8 Å². The highest BCUT2D eigenvalue weighted by Gasteiger charge is 2.22. The van der Waals surface area contributed by atoms with Crippen LogP contribution in [0.3, 0.4) is 0 Å². The highest BCUT2D eigenvalue weighted by Crippen LogP contribution is 2.15. The zero-order chi connectivity index (χ0) is 19.1. The summed E-state index contributed by atoms with van der Waals surface area (Å²) in [5.41, 5.74) is 0.730. The van der Waals surface area contributed by atoms with E-state index in [2.05, 4.69) is 15.1 Å². The van der Waals surface area contributed by atoms with Crippen molar-refractivity contribution in [3.63, 3.8) is 0 Å². The third kappa shape index (κ3) is 6.48. The van der Waals surface area contributed by atoms with Crippen molar-refractivity contribution in [3.8, 4) is 0 Å². The fourth-order valence-corrected chi connectivity index (χ4v) is 3.85. The Hall–Kier alpha value is -1.63. The zero-order valence-corrected chi connectivity index (χ0v) is 16.6. The number of carbonyl (C=O) groups is 2. The zero-order valence-electron chi connectivity index (χ0n) is 15.8. The third-order valence-corrected chi connectivity index (χ3v) is 5.53. The Balaban J connectivity index is 1.33. The molecule has 7 heteroatoms. The Labute approximate surface area is 166 Å². The van der Waals surface area contributed by atoms with Crippen LogP contribution < -0.4 is 5.32 Å². The maximum Gasteiger partial charge on any atom is 0.236 e. The molecule has 2 aliphatic heterocycles. The Kier molecular flexibility index (Phi) is 7.50. The quantitative estimate of drug-likeness (QED) is 0.807. The van der Waals surface area contributed by atoms with Gasteiger partial charge < -0.3 is 15.1 Å². The van der Waals surface area contributed by atoms with Crippen LogP contribution >= 0.6 is 11.6 Å². The maximum absolute atomic E-state index is 12.4. The summed E-state index contributed by atoms with van der Waals surface area (Å²) in [7, 11) is 0. The molecule has 1 N–H and O–H groups in total. The molecule has 27 heavy (non-hydrogen) atoms. The largest absolute Gasteiger partial charge is 0.342 e. The summed E-state index contributed by atoms with van der Waals surface area (Å²) in [5.74, 6) is 0.268. The number of piperazine rings is 1. The lowest BCUT2D eigenvalue weighted by atomic mass is 10.1. The van der Waals surface area contributed by atoms with Gasteiger partial charge in [0.05, 0.1) is 6.54 Å². The number of piperidine rings is 1. The van der Waals surface area contributed by atoms with Gasteiger partial charge in [-0.05, 0) is 37.5 Å². The van der Waals surface area contributed by atoms with E-state index in [0.29, 0.717) is 18.0 Å². The highest BCUT2D eigenvalue weighted by atomic mass is 35.5. The van der Waals surface area contributed by atoms with Gasteiger partial charge >= 0.3 is 0 Å². The van der Waals surface area contributed by atoms with E-state index in [4.69, 9.17) is 11.6 Å². The molecule has 0 saturated carbocycles. The molecule has 2 heterocycles. The minimum atomic E-state index is -0.0000254. The van der Waals surface area contributed by atoms with Gasteiger partial charge in [0.1, 0.15) is 0 Å². The minimum absolute atomic E-state index is 0.0000254. The first kappa shape index (κ1) is 20.1. The van der Waals surface area contributed by atoms with Gasteiger partial charge in [-0.15, -0.1) is 0 Å². The average molecular weight is 393 g/mol. The Morgan fingerprint density at radius 1 is 0.963 bits per heavy atom. The van der Waals surface area contributed by atoms with Crippen LogP contribution in [-0.2, 0) is 9.59 Å². The summed E-state index contributed by atoms with van der Waals surface area (Å²) in [4.78, 5) is 31.0. The number of hydrogen-bond acceptors (Lipinski definition) is 4. The molecule has 148 valence electrons. The first-order chi connectivity index (χ1) is 13.1. The molecule has 0 spiro atoms. The van der Waals surface area contributed by atoms with Crippen LogP contribution in [0.15, 0.2) is 24.3 Å². The normalized spacial score (nSPS) is 19.1. The molecule has 0 bridgehead atoms. The number of halogens is 1. The number of anilines is 1. The van der Waals surface area contributed by atoms with E-state index in [9.17, 15) is 9.59 Å². The number of amides is 2. The van der Waals surface area contributed by atoms with E-state index in [1.165, 1.54) is 6.42 Å². The average Bonchev–Trinajstić information content (AvgIpc) is 2.68. The first-order valence-corrected chi connectivity index (χ1v) is 10.3. The SMILES string of the molecule is O=C(CCN1CCN(CC(=O)N2CCCCC2)CC1)Nc1cccc(Cl)c1. The molecule has 0 aliphatic carbocycles. The van der Waals surface area contributed by atoms with Crippen LogP contribution in [-0.4, -0.2) is 78.9 Å². The monoisotopic (exact) mass is 392 g/mol. The van der Waals surface area contributed by atoms with Crippen molar-refractivity contribution in [2.75, 3.05) is 57.7 Å². The van der Waals surface area contributed by atoms with Gasteiger partial charge in [0, 0.05) is 62.9 Å². The summed E-state index contributed by atoms with van der Waals surface area (Å²) in [6.45, 7) is 6.67. The second-order valence-electron chi connectivity index (χ2n) is 7.37. The van der Waals surface area contributed by atoms with Gasteiger partial charge in [0.15, 0.2) is 0 Å². The van der Waals surface area contributed by atoms with Gasteiger partial charge in [-0.3, -0.25) is 14.5 Å². The fourth-order valence-electron chi connectivity index (χ4n) is 3.65. The van der Waals surface area contributed by atoms with E-state index < -0.39 is 0 Å². The van der Waals surface area contributed by atoms with Crippen LogP contribution in [0.2, 0.25) is 5.02 Å². The number of benzene rings is 1. The minimum Gasteiger partial charge on any atom is -0.342 e. The van der Waals surface area contributed by atoms with Gasteiger partial charge in [-0.2, -0.15) is 0 Å². The molecule has 2 aliphatic rings. The van der Waals surface area contributed by atoms with E-state index in [0.717, 1.165) is 64.3 Å². The summed E-state index contributed by atoms with van der Waals surface area (Å²) in [5, 5.41) is 3.50. The molecule has 0 radical (unpaired) electrons. The van der Waals surface area contributed by atoms with Crippen molar-refractivity contribution in [2.45, 2.75) is 25.7 Å². The molecule has 1 aromatic rings. The van der Waals surface area contributed by atoms with Crippen LogP contribution in [0.4, 0.5) is 5.69 Å². The van der Waals surface area contributed by atoms with Crippen LogP contribution in [0.5, 0.6) is 0 Å². The topological polar surface area (TPSA) is 55.9 Å². The smallest absolute Gasteiger partial charge is 0.236 e. The van der Waals surface area contributed by atoms with Crippen molar-refractivity contribution >= 4 is 29.1 Å². The number of nitrogens with one attached hydrogen (secondary N) is 1. The van der Waals surface area contributed by atoms with Crippen LogP contribution in [0, 0.1) is 0 Å². The van der Waals surface area contributed by atoms with E-state index in [1.807, 2.05) is 17.0 Å². The van der Waals surface area contributed by atoms with Crippen molar-refractivity contribution in [3.05, 3.63) is 29.3 Å². The molecule has 0 unspecified atom stereocenters. The molecular weight excluding hydrogens is 364 g/mol. The summed E-state index contributed by atoms with van der Waals surface area (Å²) in [6, 6.07) is 7.19. The molecule has 3 rings (SSSR count). The molecule has 2 saturated heterocycles. The first-order valence-electron chi connectivity index (χ1n) is 9.88. The van der Waals surface area contributed by atoms with Crippen molar-refractivity contribution in [1.82, 2.24) is 14.7 Å². The summed E-state index contributed by atoms with van der Waals surface area (Å²) >= 11 is 5.94. The second-order valence-corrected chi connectivity index (χ2v) is 7.80. The summed E-state index contributed by atoms with van der Waals surface area (Å²) < 4.78 is 0. The van der Waals surface area contributed by atoms with E-state index >= 15 is 0 Å². The number of hydrogen-bond donors (Lipinski definition) is 1. The number of carbonyl (C=O) groups excluding carboxylic acids is 2. The van der Waals surface area contributed by atoms with E-state index in [1.54, 1.807) is 12.1 Å². The Morgan fingerprint density at radius 2 is 1.67 bits per heavy atom. The molecule has 1 aromatic carbocycles. The van der Waals surface area contributed by atoms with Gasteiger partial charge in [-0.25, -0.2) is 0 Å². The molecule has 2 fully saturated rings. The lowest BCUT2D eigenvalue weighted by Gasteiger charge is -2.36. The number of likely N-dealkylation sites (tertiary alicyclic amines) is 1. The van der Waals surface area contributed by atoms with Gasteiger partial charge in [0.25, 0.3) is 0 Å². The van der Waals surface area contributed by atoms with Crippen molar-refractivity contribution in [2.24, 2.45) is 0 Å². The van der Waals surface area contributed by atoms with Crippen molar-refractivity contribution < 1.29 is 9.59 Å². The molecule has 0 atom stereocenters. The molecule has 6 nitrogen and oxygen atoms in total.